The largest absolute Gasteiger partial charge is 0.485 e. The first-order chi connectivity index (χ1) is 13.6. The van der Waals surface area contributed by atoms with Gasteiger partial charge in [-0.05, 0) is 40.2 Å². The van der Waals surface area contributed by atoms with E-state index in [1.807, 2.05) is 4.90 Å². The van der Waals surface area contributed by atoms with Gasteiger partial charge in [-0.2, -0.15) is 0 Å². The molecule has 0 bridgehead atoms. The molecule has 1 saturated heterocycles. The van der Waals surface area contributed by atoms with Crippen LogP contribution in [0.15, 0.2) is 59.5 Å². The number of halogens is 2. The Morgan fingerprint density at radius 1 is 1.18 bits per heavy atom. The molecule has 28 heavy (non-hydrogen) atoms. The Kier molecular flexibility index (Phi) is 5.16. The van der Waals surface area contributed by atoms with Crippen molar-refractivity contribution in [1.82, 2.24) is 15.0 Å². The van der Waals surface area contributed by atoms with Crippen molar-refractivity contribution in [3.63, 3.8) is 0 Å². The van der Waals surface area contributed by atoms with Crippen molar-refractivity contribution in [3.05, 3.63) is 71.0 Å². The second-order valence-electron chi connectivity index (χ2n) is 6.15. The summed E-state index contributed by atoms with van der Waals surface area (Å²) in [6.07, 6.45) is 4.48. The molecule has 0 saturated carbocycles. The van der Waals surface area contributed by atoms with Gasteiger partial charge in [-0.1, -0.05) is 6.07 Å². The zero-order valence-corrected chi connectivity index (χ0v) is 16.1. The molecule has 3 aromatic rings. The molecule has 0 aliphatic carbocycles. The Balaban J connectivity index is 1.33. The molecule has 3 heterocycles. The van der Waals surface area contributed by atoms with Gasteiger partial charge in [-0.25, -0.2) is 19.3 Å². The summed E-state index contributed by atoms with van der Waals surface area (Å²) in [5.41, 5.74) is 0.200. The van der Waals surface area contributed by atoms with Crippen molar-refractivity contribution in [2.24, 2.45) is 0 Å². The summed E-state index contributed by atoms with van der Waals surface area (Å²) in [5.74, 6) is 0.841. The Labute approximate surface area is 168 Å². The van der Waals surface area contributed by atoms with Gasteiger partial charge >= 0.3 is 0 Å². The smallest absolute Gasteiger partial charge is 0.277 e. The average Bonchev–Trinajstić information content (AvgIpc) is 2.68. The predicted octanol–water partition coefficient (Wildman–Crippen LogP) is 3.29. The van der Waals surface area contributed by atoms with Crippen LogP contribution in [0.1, 0.15) is 10.5 Å². The van der Waals surface area contributed by atoms with E-state index in [1.165, 1.54) is 18.3 Å². The lowest BCUT2D eigenvalue weighted by molar-refractivity contribution is 0.102. The van der Waals surface area contributed by atoms with Gasteiger partial charge in [0.2, 0.25) is 0 Å². The van der Waals surface area contributed by atoms with Gasteiger partial charge in [0.25, 0.3) is 5.91 Å². The first-order valence-electron chi connectivity index (χ1n) is 8.49. The zero-order valence-electron chi connectivity index (χ0n) is 14.5. The molecular formula is C19H15BrFN5O2. The molecule has 0 spiro atoms. The SMILES string of the molecule is O=C(Nc1ccccn1)c1cnc(N2CC(Oc3cc(F)ccc3Br)C2)cn1. The van der Waals surface area contributed by atoms with Crippen molar-refractivity contribution >= 4 is 33.5 Å². The number of pyridine rings is 1. The van der Waals surface area contributed by atoms with Crippen LogP contribution < -0.4 is 15.0 Å². The summed E-state index contributed by atoms with van der Waals surface area (Å²) >= 11 is 3.35. The number of nitrogens with zero attached hydrogens (tertiary/aromatic N) is 4. The van der Waals surface area contributed by atoms with E-state index in [1.54, 1.807) is 36.7 Å². The van der Waals surface area contributed by atoms with Crippen LogP contribution >= 0.6 is 15.9 Å². The van der Waals surface area contributed by atoms with Gasteiger partial charge in [-0.15, -0.1) is 0 Å². The number of carbonyl (C=O) groups excluding carboxylic acids is 1. The number of benzene rings is 1. The van der Waals surface area contributed by atoms with Crippen molar-refractivity contribution < 1.29 is 13.9 Å². The van der Waals surface area contributed by atoms with Crippen molar-refractivity contribution in [1.29, 1.82) is 0 Å². The van der Waals surface area contributed by atoms with Crippen LogP contribution in [0.3, 0.4) is 0 Å². The molecular weight excluding hydrogens is 429 g/mol. The number of rotatable bonds is 5. The Morgan fingerprint density at radius 3 is 2.75 bits per heavy atom. The van der Waals surface area contributed by atoms with Crippen LogP contribution in [-0.2, 0) is 0 Å². The minimum atomic E-state index is -0.376. The first-order valence-corrected chi connectivity index (χ1v) is 9.29. The quantitative estimate of drug-likeness (QED) is 0.651. The van der Waals surface area contributed by atoms with Gasteiger partial charge < -0.3 is 15.0 Å². The van der Waals surface area contributed by atoms with E-state index in [-0.39, 0.29) is 23.5 Å². The highest BCUT2D eigenvalue weighted by molar-refractivity contribution is 9.10. The fourth-order valence-electron chi connectivity index (χ4n) is 2.67. The van der Waals surface area contributed by atoms with Crippen LogP contribution in [0.4, 0.5) is 16.0 Å². The molecule has 1 fully saturated rings. The second-order valence-corrected chi connectivity index (χ2v) is 7.00. The molecule has 1 N–H and O–H groups in total. The summed E-state index contributed by atoms with van der Waals surface area (Å²) < 4.78 is 19.8. The first kappa shape index (κ1) is 18.3. The molecule has 0 radical (unpaired) electrons. The predicted molar refractivity (Wildman–Crippen MR) is 105 cm³/mol. The minimum absolute atomic E-state index is 0.0768. The molecule has 0 unspecified atom stereocenters. The van der Waals surface area contributed by atoms with Crippen molar-refractivity contribution in [2.75, 3.05) is 23.3 Å². The average molecular weight is 444 g/mol. The Morgan fingerprint density at radius 2 is 2.04 bits per heavy atom. The van der Waals surface area contributed by atoms with Gasteiger partial charge in [0.05, 0.1) is 30.0 Å². The van der Waals surface area contributed by atoms with Crippen LogP contribution in [0, 0.1) is 5.82 Å². The monoisotopic (exact) mass is 443 g/mol. The maximum Gasteiger partial charge on any atom is 0.277 e. The molecule has 1 amide bonds. The Hall–Kier alpha value is -3.07. The third kappa shape index (κ3) is 4.09. The minimum Gasteiger partial charge on any atom is -0.485 e. The molecule has 1 aliphatic heterocycles. The van der Waals surface area contributed by atoms with Crippen LogP contribution in [0.25, 0.3) is 0 Å². The number of hydrogen-bond acceptors (Lipinski definition) is 6. The molecule has 9 heteroatoms. The van der Waals surface area contributed by atoms with Crippen LogP contribution in [0.5, 0.6) is 5.75 Å². The molecule has 1 aromatic carbocycles. The van der Waals surface area contributed by atoms with Gasteiger partial charge in [-0.3, -0.25) is 4.79 Å². The van der Waals surface area contributed by atoms with E-state index >= 15 is 0 Å². The molecule has 142 valence electrons. The number of anilines is 2. The number of carbonyl (C=O) groups is 1. The molecule has 2 aromatic heterocycles. The summed E-state index contributed by atoms with van der Waals surface area (Å²) in [6.45, 7) is 1.19. The highest BCUT2D eigenvalue weighted by atomic mass is 79.9. The lowest BCUT2D eigenvalue weighted by atomic mass is 10.1. The number of nitrogens with one attached hydrogen (secondary N) is 1. The number of aromatic nitrogens is 3. The van der Waals surface area contributed by atoms with Crippen LogP contribution in [-0.4, -0.2) is 40.1 Å². The molecule has 7 nitrogen and oxygen atoms in total. The van der Waals surface area contributed by atoms with E-state index in [2.05, 4.69) is 36.2 Å². The van der Waals surface area contributed by atoms with Crippen LogP contribution in [0.2, 0.25) is 0 Å². The molecule has 0 atom stereocenters. The lowest BCUT2D eigenvalue weighted by Gasteiger charge is -2.39. The van der Waals surface area contributed by atoms with E-state index in [4.69, 9.17) is 4.74 Å². The van der Waals surface area contributed by atoms with Crippen molar-refractivity contribution in [2.45, 2.75) is 6.10 Å². The van der Waals surface area contributed by atoms with E-state index in [0.29, 0.717) is 34.9 Å². The lowest BCUT2D eigenvalue weighted by Crippen LogP contribution is -2.54. The summed E-state index contributed by atoms with van der Waals surface area (Å²) in [5, 5.41) is 2.66. The Bertz CT molecular complexity index is 981. The summed E-state index contributed by atoms with van der Waals surface area (Å²) in [4.78, 5) is 26.6. The topological polar surface area (TPSA) is 80.2 Å². The molecule has 4 rings (SSSR count). The summed E-state index contributed by atoms with van der Waals surface area (Å²) in [6, 6.07) is 9.56. The van der Waals surface area contributed by atoms with E-state index in [9.17, 15) is 9.18 Å². The zero-order chi connectivity index (χ0) is 19.5. The number of hydrogen-bond donors (Lipinski definition) is 1. The fourth-order valence-corrected chi connectivity index (χ4v) is 3.01. The van der Waals surface area contributed by atoms with Gasteiger partial charge in [0, 0.05) is 12.3 Å². The highest BCUT2D eigenvalue weighted by Gasteiger charge is 2.30. The van der Waals surface area contributed by atoms with Gasteiger partial charge in [0.15, 0.2) is 0 Å². The number of amides is 1. The maximum absolute atomic E-state index is 13.3. The normalized spacial score (nSPS) is 13.7. The second kappa shape index (κ2) is 7.89. The van der Waals surface area contributed by atoms with E-state index < -0.39 is 0 Å². The van der Waals surface area contributed by atoms with Gasteiger partial charge in [0.1, 0.15) is 35.0 Å². The fraction of sp³-hybridized carbons (Fsp3) is 0.158. The molecule has 1 aliphatic rings. The third-order valence-corrected chi connectivity index (χ3v) is 4.79. The highest BCUT2D eigenvalue weighted by Crippen LogP contribution is 2.29. The number of ether oxygens (including phenoxy) is 1. The standard InChI is InChI=1S/C19H15BrFN5O2/c20-14-5-4-12(21)7-16(14)28-13-10-26(11-13)18-9-23-15(8-24-18)19(27)25-17-3-1-2-6-22-17/h1-9,13H,10-11H2,(H,22,25,27). The van der Waals surface area contributed by atoms with Crippen molar-refractivity contribution in [3.8, 4) is 5.75 Å². The maximum atomic E-state index is 13.3. The third-order valence-electron chi connectivity index (χ3n) is 4.14. The van der Waals surface area contributed by atoms with E-state index in [0.717, 1.165) is 0 Å². The summed E-state index contributed by atoms with van der Waals surface area (Å²) in [7, 11) is 0.